The molecular weight excluding hydrogens is 302 g/mol. The molecule has 0 spiro atoms. The molecule has 1 aliphatic heterocycles. The Morgan fingerprint density at radius 1 is 1.29 bits per heavy atom. The summed E-state index contributed by atoms with van der Waals surface area (Å²) >= 11 is 0. The van der Waals surface area contributed by atoms with E-state index in [4.69, 9.17) is 0 Å². The molecule has 1 saturated heterocycles. The summed E-state index contributed by atoms with van der Waals surface area (Å²) in [5.74, 6) is 1.21. The third-order valence-electron chi connectivity index (χ3n) is 4.39. The molecular formula is C18H23N5O. The molecule has 2 aromatic heterocycles. The molecule has 126 valence electrons. The number of rotatable bonds is 4. The Hall–Kier alpha value is -2.50. The van der Waals surface area contributed by atoms with Gasteiger partial charge in [0, 0.05) is 25.8 Å². The van der Waals surface area contributed by atoms with Gasteiger partial charge in [-0.05, 0) is 56.4 Å². The van der Waals surface area contributed by atoms with E-state index in [1.807, 2.05) is 43.1 Å². The summed E-state index contributed by atoms with van der Waals surface area (Å²) in [6, 6.07) is 9.52. The predicted octanol–water partition coefficient (Wildman–Crippen LogP) is 2.32. The molecule has 1 amide bonds. The molecule has 1 unspecified atom stereocenters. The molecule has 0 aromatic carbocycles. The molecule has 24 heavy (non-hydrogen) atoms. The lowest BCUT2D eigenvalue weighted by Gasteiger charge is -2.32. The van der Waals surface area contributed by atoms with Gasteiger partial charge in [-0.1, -0.05) is 6.07 Å². The van der Waals surface area contributed by atoms with Crippen molar-refractivity contribution >= 4 is 11.7 Å². The van der Waals surface area contributed by atoms with Crippen molar-refractivity contribution in [2.45, 2.75) is 26.2 Å². The Morgan fingerprint density at radius 3 is 2.88 bits per heavy atom. The van der Waals surface area contributed by atoms with Gasteiger partial charge in [0.15, 0.2) is 0 Å². The number of hydrogen-bond donors (Lipinski definition) is 1. The number of nitrogens with one attached hydrogen (secondary N) is 1. The van der Waals surface area contributed by atoms with Crippen molar-refractivity contribution in [3.63, 3.8) is 0 Å². The Labute approximate surface area is 142 Å². The molecule has 6 nitrogen and oxygen atoms in total. The van der Waals surface area contributed by atoms with Gasteiger partial charge in [0.05, 0.1) is 5.69 Å². The second-order valence-corrected chi connectivity index (χ2v) is 6.29. The van der Waals surface area contributed by atoms with E-state index in [0.29, 0.717) is 11.6 Å². The first kappa shape index (κ1) is 16.4. The van der Waals surface area contributed by atoms with E-state index < -0.39 is 0 Å². The summed E-state index contributed by atoms with van der Waals surface area (Å²) in [5.41, 5.74) is 2.38. The van der Waals surface area contributed by atoms with Gasteiger partial charge >= 0.3 is 0 Å². The molecule has 0 bridgehead atoms. The summed E-state index contributed by atoms with van der Waals surface area (Å²) in [6.45, 7) is 3.46. The van der Waals surface area contributed by atoms with Gasteiger partial charge in [-0.3, -0.25) is 4.79 Å². The Balaban J connectivity index is 1.64. The van der Waals surface area contributed by atoms with Crippen LogP contribution in [0, 0.1) is 12.8 Å². The fourth-order valence-electron chi connectivity index (χ4n) is 3.14. The number of piperidine rings is 1. The van der Waals surface area contributed by atoms with Crippen LogP contribution in [0.2, 0.25) is 0 Å². The number of aromatic nitrogens is 3. The minimum atomic E-state index is 0.0278. The van der Waals surface area contributed by atoms with Crippen LogP contribution in [0.1, 0.15) is 34.7 Å². The van der Waals surface area contributed by atoms with E-state index in [2.05, 4.69) is 20.5 Å². The summed E-state index contributed by atoms with van der Waals surface area (Å²) in [6.07, 6.45) is 2.98. The van der Waals surface area contributed by atoms with Gasteiger partial charge in [0.2, 0.25) is 0 Å². The zero-order valence-electron chi connectivity index (χ0n) is 14.2. The zero-order chi connectivity index (χ0) is 16.9. The lowest BCUT2D eigenvalue weighted by molar-refractivity contribution is 0.0666. The normalized spacial score (nSPS) is 17.6. The van der Waals surface area contributed by atoms with Crippen LogP contribution in [0.3, 0.4) is 0 Å². The molecule has 6 heteroatoms. The second-order valence-electron chi connectivity index (χ2n) is 6.29. The predicted molar refractivity (Wildman–Crippen MR) is 92.9 cm³/mol. The van der Waals surface area contributed by atoms with Crippen molar-refractivity contribution in [1.82, 2.24) is 20.1 Å². The van der Waals surface area contributed by atoms with Gasteiger partial charge in [-0.2, -0.15) is 5.10 Å². The average Bonchev–Trinajstić information content (AvgIpc) is 2.62. The van der Waals surface area contributed by atoms with Crippen LogP contribution in [-0.4, -0.2) is 46.1 Å². The summed E-state index contributed by atoms with van der Waals surface area (Å²) in [4.78, 5) is 18.9. The highest BCUT2D eigenvalue weighted by atomic mass is 16.2. The monoisotopic (exact) mass is 325 g/mol. The van der Waals surface area contributed by atoms with E-state index in [1.54, 1.807) is 6.07 Å². The summed E-state index contributed by atoms with van der Waals surface area (Å²) in [5, 5.41) is 11.3. The Bertz CT molecular complexity index is 701. The highest BCUT2D eigenvalue weighted by molar-refractivity contribution is 5.92. The third kappa shape index (κ3) is 3.88. The first-order valence-corrected chi connectivity index (χ1v) is 8.39. The van der Waals surface area contributed by atoms with E-state index in [-0.39, 0.29) is 5.91 Å². The van der Waals surface area contributed by atoms with Crippen molar-refractivity contribution in [2.75, 3.05) is 25.5 Å². The number of carbonyl (C=O) groups excluding carboxylic acids is 1. The number of aryl methyl sites for hydroxylation is 1. The first-order valence-electron chi connectivity index (χ1n) is 8.39. The average molecular weight is 325 g/mol. The number of likely N-dealkylation sites (tertiary alicyclic amines) is 1. The highest BCUT2D eigenvalue weighted by Crippen LogP contribution is 2.21. The number of carbonyl (C=O) groups is 1. The van der Waals surface area contributed by atoms with E-state index >= 15 is 0 Å². The van der Waals surface area contributed by atoms with Crippen LogP contribution in [0.5, 0.6) is 0 Å². The minimum Gasteiger partial charge on any atom is -0.372 e. The molecule has 1 aliphatic rings. The van der Waals surface area contributed by atoms with Crippen molar-refractivity contribution in [2.24, 2.45) is 5.92 Å². The minimum absolute atomic E-state index is 0.0278. The summed E-state index contributed by atoms with van der Waals surface area (Å²) < 4.78 is 0. The SMILES string of the molecule is CNc1ccc(CC2CCCN(C(=O)c3cccc(C)n3)C2)nn1. The van der Waals surface area contributed by atoms with Crippen LogP contribution in [0.4, 0.5) is 5.82 Å². The standard InChI is InChI=1S/C18H23N5O/c1-13-5-3-7-16(20-13)18(24)23-10-4-6-14(12-23)11-15-8-9-17(19-2)22-21-15/h3,5,7-9,14H,4,6,10-12H2,1-2H3,(H,19,22). The molecule has 1 fully saturated rings. The third-order valence-corrected chi connectivity index (χ3v) is 4.39. The molecule has 3 rings (SSSR count). The van der Waals surface area contributed by atoms with Gasteiger partial charge in [0.1, 0.15) is 11.5 Å². The topological polar surface area (TPSA) is 71.0 Å². The first-order chi connectivity index (χ1) is 11.7. The summed E-state index contributed by atoms with van der Waals surface area (Å²) in [7, 11) is 1.83. The molecule has 2 aromatic rings. The maximum atomic E-state index is 12.7. The van der Waals surface area contributed by atoms with Gasteiger partial charge < -0.3 is 10.2 Å². The van der Waals surface area contributed by atoms with E-state index in [0.717, 1.165) is 49.6 Å². The van der Waals surface area contributed by atoms with Crippen LogP contribution in [-0.2, 0) is 6.42 Å². The van der Waals surface area contributed by atoms with Crippen LogP contribution in [0.15, 0.2) is 30.3 Å². The molecule has 0 saturated carbocycles. The smallest absolute Gasteiger partial charge is 0.272 e. The van der Waals surface area contributed by atoms with Crippen LogP contribution in [0.25, 0.3) is 0 Å². The van der Waals surface area contributed by atoms with Crippen molar-refractivity contribution in [1.29, 1.82) is 0 Å². The number of hydrogen-bond acceptors (Lipinski definition) is 5. The van der Waals surface area contributed by atoms with Crippen LogP contribution < -0.4 is 5.32 Å². The molecule has 1 N–H and O–H groups in total. The van der Waals surface area contributed by atoms with Crippen molar-refractivity contribution < 1.29 is 4.79 Å². The molecule has 0 radical (unpaired) electrons. The van der Waals surface area contributed by atoms with Gasteiger partial charge in [-0.15, -0.1) is 5.10 Å². The molecule has 3 heterocycles. The largest absolute Gasteiger partial charge is 0.372 e. The van der Waals surface area contributed by atoms with Crippen molar-refractivity contribution in [3.05, 3.63) is 47.4 Å². The number of pyridine rings is 1. The van der Waals surface area contributed by atoms with E-state index in [9.17, 15) is 4.79 Å². The lowest BCUT2D eigenvalue weighted by Crippen LogP contribution is -2.41. The maximum Gasteiger partial charge on any atom is 0.272 e. The Morgan fingerprint density at radius 2 is 2.17 bits per heavy atom. The molecule has 1 atom stereocenters. The number of amides is 1. The molecule has 0 aliphatic carbocycles. The quantitative estimate of drug-likeness (QED) is 0.934. The lowest BCUT2D eigenvalue weighted by atomic mass is 9.93. The Kier molecular flexibility index (Phi) is 5.03. The van der Waals surface area contributed by atoms with Crippen molar-refractivity contribution in [3.8, 4) is 0 Å². The second kappa shape index (κ2) is 7.38. The van der Waals surface area contributed by atoms with E-state index in [1.165, 1.54) is 0 Å². The fourth-order valence-corrected chi connectivity index (χ4v) is 3.14. The zero-order valence-corrected chi connectivity index (χ0v) is 14.2. The van der Waals surface area contributed by atoms with Gasteiger partial charge in [-0.25, -0.2) is 4.98 Å². The fraction of sp³-hybridized carbons (Fsp3) is 0.444. The van der Waals surface area contributed by atoms with Crippen LogP contribution >= 0.6 is 0 Å². The number of anilines is 1. The maximum absolute atomic E-state index is 12.7. The number of nitrogens with zero attached hydrogens (tertiary/aromatic N) is 4. The highest BCUT2D eigenvalue weighted by Gasteiger charge is 2.25. The van der Waals surface area contributed by atoms with Gasteiger partial charge in [0.25, 0.3) is 5.91 Å².